The molecule has 0 amide bonds. The number of nitrogens with zero attached hydrogens (tertiary/aromatic N) is 5. The van der Waals surface area contributed by atoms with Crippen molar-refractivity contribution in [2.45, 2.75) is 32.4 Å². The van der Waals surface area contributed by atoms with Gasteiger partial charge in [-0.05, 0) is 31.5 Å². The zero-order valence-electron chi connectivity index (χ0n) is 14.4. The van der Waals surface area contributed by atoms with E-state index in [2.05, 4.69) is 20.1 Å². The third-order valence-corrected chi connectivity index (χ3v) is 4.61. The van der Waals surface area contributed by atoms with Gasteiger partial charge in [0, 0.05) is 25.2 Å². The number of para-hydroxylation sites is 1. The number of likely N-dealkylation sites (tertiary alicyclic amines) is 1. The van der Waals surface area contributed by atoms with Gasteiger partial charge in [-0.15, -0.1) is 0 Å². The lowest BCUT2D eigenvalue weighted by molar-refractivity contribution is 0.0696. The Morgan fingerprint density at radius 2 is 2.23 bits per heavy atom. The topological polar surface area (TPSA) is 97.3 Å². The number of rotatable bonds is 5. The Hall–Kier alpha value is -3.00. The Kier molecular flexibility index (Phi) is 4.26. The zero-order chi connectivity index (χ0) is 18.1. The summed E-state index contributed by atoms with van der Waals surface area (Å²) in [6.07, 6.45) is 5.72. The second-order valence-corrected chi connectivity index (χ2v) is 6.42. The lowest BCUT2D eigenvalue weighted by Crippen LogP contribution is -2.23. The van der Waals surface area contributed by atoms with Gasteiger partial charge in [0.1, 0.15) is 0 Å². The van der Waals surface area contributed by atoms with Gasteiger partial charge in [0.05, 0.1) is 23.5 Å². The van der Waals surface area contributed by atoms with Crippen LogP contribution < -0.4 is 0 Å². The van der Waals surface area contributed by atoms with Gasteiger partial charge in [0.15, 0.2) is 5.82 Å². The number of carboxylic acid groups (broad SMARTS) is 1. The van der Waals surface area contributed by atoms with E-state index in [1.807, 2.05) is 6.20 Å². The molecule has 26 heavy (non-hydrogen) atoms. The van der Waals surface area contributed by atoms with E-state index in [4.69, 9.17) is 4.52 Å². The van der Waals surface area contributed by atoms with E-state index in [1.54, 1.807) is 42.1 Å². The number of hydrogen-bond donors (Lipinski definition) is 1. The van der Waals surface area contributed by atoms with Gasteiger partial charge in [-0.25, -0.2) is 9.48 Å². The molecule has 0 radical (unpaired) electrons. The van der Waals surface area contributed by atoms with Crippen LogP contribution in [0.5, 0.6) is 0 Å². The number of benzene rings is 1. The minimum Gasteiger partial charge on any atom is -0.478 e. The van der Waals surface area contributed by atoms with Gasteiger partial charge in [-0.2, -0.15) is 10.1 Å². The van der Waals surface area contributed by atoms with Crippen LogP contribution in [-0.2, 0) is 6.54 Å². The van der Waals surface area contributed by atoms with Crippen LogP contribution in [0, 0.1) is 6.92 Å². The monoisotopic (exact) mass is 353 g/mol. The van der Waals surface area contributed by atoms with Crippen LogP contribution in [0.25, 0.3) is 5.69 Å². The summed E-state index contributed by atoms with van der Waals surface area (Å²) in [4.78, 5) is 18.1. The first-order valence-electron chi connectivity index (χ1n) is 8.52. The van der Waals surface area contributed by atoms with Crippen molar-refractivity contribution in [1.82, 2.24) is 24.8 Å². The molecule has 1 aliphatic rings. The van der Waals surface area contributed by atoms with E-state index in [1.165, 1.54) is 0 Å². The molecule has 0 spiro atoms. The van der Waals surface area contributed by atoms with Gasteiger partial charge in [0.2, 0.25) is 5.89 Å². The second kappa shape index (κ2) is 6.72. The van der Waals surface area contributed by atoms with Crippen molar-refractivity contribution in [2.24, 2.45) is 0 Å². The molecule has 8 nitrogen and oxygen atoms in total. The van der Waals surface area contributed by atoms with Crippen molar-refractivity contribution in [1.29, 1.82) is 0 Å². The molecule has 1 aromatic carbocycles. The van der Waals surface area contributed by atoms with Gasteiger partial charge in [-0.3, -0.25) is 4.90 Å². The Bertz CT molecular complexity index is 932. The first-order chi connectivity index (χ1) is 12.6. The Balaban J connectivity index is 1.55. The molecule has 1 aliphatic heterocycles. The summed E-state index contributed by atoms with van der Waals surface area (Å²) >= 11 is 0. The molecular formula is C18H19N5O3. The SMILES string of the molecule is Cc1nc(C2CCCN2Cc2cnn(-c3ccccc3C(=O)O)c2)no1. The summed E-state index contributed by atoms with van der Waals surface area (Å²) in [6.45, 7) is 3.45. The van der Waals surface area contributed by atoms with Crippen molar-refractivity contribution in [3.63, 3.8) is 0 Å². The van der Waals surface area contributed by atoms with E-state index in [0.29, 0.717) is 18.1 Å². The Labute approximate surface area is 150 Å². The van der Waals surface area contributed by atoms with Crippen molar-refractivity contribution < 1.29 is 14.4 Å². The summed E-state index contributed by atoms with van der Waals surface area (Å²) < 4.78 is 6.73. The highest BCUT2D eigenvalue weighted by Gasteiger charge is 2.30. The number of hydrogen-bond acceptors (Lipinski definition) is 6. The smallest absolute Gasteiger partial charge is 0.337 e. The fourth-order valence-electron chi connectivity index (χ4n) is 3.42. The van der Waals surface area contributed by atoms with Gasteiger partial charge < -0.3 is 9.63 Å². The Morgan fingerprint density at radius 3 is 3.00 bits per heavy atom. The maximum atomic E-state index is 11.4. The third-order valence-electron chi connectivity index (χ3n) is 4.61. The minimum atomic E-state index is -0.968. The Morgan fingerprint density at radius 1 is 1.38 bits per heavy atom. The van der Waals surface area contributed by atoms with Crippen LogP contribution in [-0.4, -0.2) is 42.4 Å². The molecule has 4 rings (SSSR count). The predicted octanol–water partition coefficient (Wildman–Crippen LogP) is 2.60. The number of aromatic nitrogens is 4. The normalized spacial score (nSPS) is 17.7. The number of carbonyl (C=O) groups is 1. The van der Waals surface area contributed by atoms with E-state index < -0.39 is 5.97 Å². The molecule has 3 aromatic rings. The molecule has 0 aliphatic carbocycles. The van der Waals surface area contributed by atoms with E-state index in [-0.39, 0.29) is 11.6 Å². The minimum absolute atomic E-state index is 0.141. The standard InChI is InChI=1S/C18H19N5O3/c1-12-20-17(21-26-12)16-7-4-8-22(16)10-13-9-19-23(11-13)15-6-3-2-5-14(15)18(24)25/h2-3,5-6,9,11,16H,4,7-8,10H2,1H3,(H,24,25). The molecule has 8 heteroatoms. The summed E-state index contributed by atoms with van der Waals surface area (Å²) in [5.41, 5.74) is 1.79. The molecule has 3 heterocycles. The lowest BCUT2D eigenvalue weighted by Gasteiger charge is -2.20. The van der Waals surface area contributed by atoms with Crippen LogP contribution in [0.4, 0.5) is 0 Å². The van der Waals surface area contributed by atoms with E-state index in [9.17, 15) is 9.90 Å². The summed E-state index contributed by atoms with van der Waals surface area (Å²) in [5.74, 6) is 0.332. The fourth-order valence-corrected chi connectivity index (χ4v) is 3.42. The molecular weight excluding hydrogens is 334 g/mol. The molecule has 1 N–H and O–H groups in total. The molecule has 1 saturated heterocycles. The van der Waals surface area contributed by atoms with Gasteiger partial charge in [0.25, 0.3) is 0 Å². The quantitative estimate of drug-likeness (QED) is 0.753. The van der Waals surface area contributed by atoms with Crippen LogP contribution in [0.2, 0.25) is 0 Å². The third kappa shape index (κ3) is 3.11. The maximum Gasteiger partial charge on any atom is 0.337 e. The van der Waals surface area contributed by atoms with Crippen molar-refractivity contribution in [3.8, 4) is 5.69 Å². The molecule has 1 fully saturated rings. The average Bonchev–Trinajstić information content (AvgIpc) is 3.36. The van der Waals surface area contributed by atoms with Crippen molar-refractivity contribution in [2.75, 3.05) is 6.54 Å². The number of aryl methyl sites for hydroxylation is 1. The first kappa shape index (κ1) is 16.5. The zero-order valence-corrected chi connectivity index (χ0v) is 14.4. The summed E-state index contributed by atoms with van der Waals surface area (Å²) in [6, 6.07) is 6.98. The summed E-state index contributed by atoms with van der Waals surface area (Å²) in [7, 11) is 0. The molecule has 1 unspecified atom stereocenters. The highest BCUT2D eigenvalue weighted by atomic mass is 16.5. The summed E-state index contributed by atoms with van der Waals surface area (Å²) in [5, 5.41) is 17.8. The van der Waals surface area contributed by atoms with E-state index in [0.717, 1.165) is 30.8 Å². The molecule has 2 aromatic heterocycles. The van der Waals surface area contributed by atoms with E-state index >= 15 is 0 Å². The first-order valence-corrected chi connectivity index (χ1v) is 8.52. The van der Waals surface area contributed by atoms with Gasteiger partial charge >= 0.3 is 5.97 Å². The van der Waals surface area contributed by atoms with Crippen LogP contribution >= 0.6 is 0 Å². The average molecular weight is 353 g/mol. The molecule has 1 atom stereocenters. The maximum absolute atomic E-state index is 11.4. The highest BCUT2D eigenvalue weighted by molar-refractivity contribution is 5.91. The molecule has 0 saturated carbocycles. The van der Waals surface area contributed by atoms with Crippen LogP contribution in [0.15, 0.2) is 41.2 Å². The predicted molar refractivity (Wildman–Crippen MR) is 91.9 cm³/mol. The molecule has 134 valence electrons. The second-order valence-electron chi connectivity index (χ2n) is 6.42. The van der Waals surface area contributed by atoms with Gasteiger partial charge in [-0.1, -0.05) is 17.3 Å². The number of carboxylic acids is 1. The fraction of sp³-hybridized carbons (Fsp3) is 0.333. The number of aromatic carboxylic acids is 1. The van der Waals surface area contributed by atoms with Crippen LogP contribution in [0.1, 0.15) is 46.5 Å². The molecule has 0 bridgehead atoms. The van der Waals surface area contributed by atoms with Crippen molar-refractivity contribution >= 4 is 5.97 Å². The highest BCUT2D eigenvalue weighted by Crippen LogP contribution is 2.31. The van der Waals surface area contributed by atoms with Crippen molar-refractivity contribution in [3.05, 3.63) is 59.5 Å². The largest absolute Gasteiger partial charge is 0.478 e. The lowest BCUT2D eigenvalue weighted by atomic mass is 10.2. The van der Waals surface area contributed by atoms with Crippen LogP contribution in [0.3, 0.4) is 0 Å².